The van der Waals surface area contributed by atoms with Gasteiger partial charge in [0, 0.05) is 19.4 Å². The maximum Gasteiger partial charge on any atom is 0.252 e. The number of carbonyl (C=O) groups is 1. The van der Waals surface area contributed by atoms with Crippen LogP contribution in [0.25, 0.3) is 0 Å². The Balaban J connectivity index is 1.65. The van der Waals surface area contributed by atoms with Crippen molar-refractivity contribution >= 4 is 5.91 Å². The van der Waals surface area contributed by atoms with Gasteiger partial charge in [-0.3, -0.25) is 4.79 Å². The van der Waals surface area contributed by atoms with Crippen LogP contribution in [0.3, 0.4) is 0 Å². The average Bonchev–Trinajstić information content (AvgIpc) is 3.14. The van der Waals surface area contributed by atoms with E-state index in [0.717, 1.165) is 12.8 Å². The molecule has 1 saturated carbocycles. The van der Waals surface area contributed by atoms with Crippen LogP contribution >= 0.6 is 0 Å². The Labute approximate surface area is 148 Å². The molecule has 2 aliphatic rings. The second-order valence-electron chi connectivity index (χ2n) is 7.18. The fraction of sp³-hybridized carbons (Fsp3) is 0.833. The first-order chi connectivity index (χ1) is 12.1. The van der Waals surface area contributed by atoms with Crippen molar-refractivity contribution in [2.24, 2.45) is 0 Å². The quantitative estimate of drug-likeness (QED) is 0.820. The third-order valence-electron chi connectivity index (χ3n) is 5.18. The van der Waals surface area contributed by atoms with E-state index in [1.807, 2.05) is 6.92 Å². The van der Waals surface area contributed by atoms with Gasteiger partial charge in [0.2, 0.25) is 11.8 Å². The van der Waals surface area contributed by atoms with Crippen molar-refractivity contribution in [1.29, 1.82) is 0 Å². The minimum Gasteiger partial charge on any atom is -0.423 e. The van der Waals surface area contributed by atoms with Gasteiger partial charge in [-0.15, -0.1) is 10.2 Å². The van der Waals surface area contributed by atoms with E-state index < -0.39 is 12.2 Å². The summed E-state index contributed by atoms with van der Waals surface area (Å²) in [6.07, 6.45) is 7.00. The van der Waals surface area contributed by atoms with Gasteiger partial charge in [-0.2, -0.15) is 0 Å². The summed E-state index contributed by atoms with van der Waals surface area (Å²) in [5.74, 6) is 0.844. The number of nitrogens with zero attached hydrogens (tertiary/aromatic N) is 3. The highest BCUT2D eigenvalue weighted by molar-refractivity contribution is 5.81. The molecule has 0 bridgehead atoms. The Hall–Kier alpha value is -1.47. The molecule has 1 unspecified atom stereocenters. The topological polar surface area (TPSA) is 88.7 Å². The van der Waals surface area contributed by atoms with Crippen molar-refractivity contribution < 1.29 is 19.1 Å². The number of ether oxygens (including phenoxy) is 1. The first-order valence-electron chi connectivity index (χ1n) is 9.54. The Morgan fingerprint density at radius 1 is 1.32 bits per heavy atom. The second-order valence-corrected chi connectivity index (χ2v) is 7.18. The largest absolute Gasteiger partial charge is 0.423 e. The molecule has 2 heterocycles. The average molecular weight is 351 g/mol. The molecule has 140 valence electrons. The zero-order chi connectivity index (χ0) is 17.8. The maximum atomic E-state index is 12.9. The Kier molecular flexibility index (Phi) is 6.06. The number of aryl methyl sites for hydroxylation is 1. The lowest BCUT2D eigenvalue weighted by Crippen LogP contribution is -2.41. The molecule has 25 heavy (non-hydrogen) atoms. The lowest BCUT2D eigenvalue weighted by atomic mass is 10.1. The van der Waals surface area contributed by atoms with Crippen LogP contribution in [0, 0.1) is 0 Å². The third-order valence-corrected chi connectivity index (χ3v) is 5.18. The number of aromatic nitrogens is 2. The number of amides is 1. The molecule has 3 rings (SSSR count). The van der Waals surface area contributed by atoms with Crippen molar-refractivity contribution in [2.75, 3.05) is 6.54 Å². The molecule has 0 aromatic carbocycles. The Bertz CT molecular complexity index is 568. The Morgan fingerprint density at radius 2 is 2.04 bits per heavy atom. The van der Waals surface area contributed by atoms with Crippen LogP contribution in [-0.2, 0) is 16.0 Å². The predicted octanol–water partition coefficient (Wildman–Crippen LogP) is 2.39. The summed E-state index contributed by atoms with van der Waals surface area (Å²) in [5, 5.41) is 18.1. The van der Waals surface area contributed by atoms with Crippen LogP contribution in [0.1, 0.15) is 76.6 Å². The van der Waals surface area contributed by atoms with Gasteiger partial charge in [0.15, 0.2) is 0 Å². The molecular weight excluding hydrogens is 322 g/mol. The molecule has 7 nitrogen and oxygen atoms in total. The summed E-state index contributed by atoms with van der Waals surface area (Å²) < 4.78 is 11.7. The number of β-amino-alcohol motifs (C(OH)–C–C–N with tert-alkyl or cyclic N) is 1. The maximum absolute atomic E-state index is 12.9. The summed E-state index contributed by atoms with van der Waals surface area (Å²) in [5.41, 5.74) is 0. The van der Waals surface area contributed by atoms with E-state index in [-0.39, 0.29) is 24.6 Å². The number of hydrogen-bond donors (Lipinski definition) is 1. The monoisotopic (exact) mass is 351 g/mol. The number of aliphatic hydroxyl groups excluding tert-OH is 1. The second kappa shape index (κ2) is 8.27. The Morgan fingerprint density at radius 3 is 2.68 bits per heavy atom. The molecule has 1 aliphatic carbocycles. The normalized spacial score (nSPS) is 26.6. The fourth-order valence-corrected chi connectivity index (χ4v) is 3.79. The van der Waals surface area contributed by atoms with E-state index in [2.05, 4.69) is 10.2 Å². The minimum absolute atomic E-state index is 0.109. The smallest absolute Gasteiger partial charge is 0.252 e. The summed E-state index contributed by atoms with van der Waals surface area (Å²) in [6, 6.07) is -0.365. The molecule has 1 aromatic rings. The van der Waals surface area contributed by atoms with Crippen LogP contribution in [0.2, 0.25) is 0 Å². The first kappa shape index (κ1) is 18.3. The number of likely N-dealkylation sites (tertiary alicyclic amines) is 1. The molecule has 0 spiro atoms. The molecule has 2 fully saturated rings. The molecule has 1 N–H and O–H groups in total. The number of hydrogen-bond acceptors (Lipinski definition) is 6. The van der Waals surface area contributed by atoms with Crippen molar-refractivity contribution in [3.05, 3.63) is 11.8 Å². The number of rotatable bonds is 5. The van der Waals surface area contributed by atoms with Crippen LogP contribution in [-0.4, -0.2) is 51.0 Å². The highest BCUT2D eigenvalue weighted by Gasteiger charge is 2.40. The molecular formula is C18H29N3O4. The van der Waals surface area contributed by atoms with Crippen LogP contribution < -0.4 is 0 Å². The van der Waals surface area contributed by atoms with Gasteiger partial charge < -0.3 is 19.2 Å². The first-order valence-corrected chi connectivity index (χ1v) is 9.54. The lowest BCUT2D eigenvalue weighted by molar-refractivity contribution is -0.148. The van der Waals surface area contributed by atoms with Crippen molar-refractivity contribution in [3.8, 4) is 0 Å². The van der Waals surface area contributed by atoms with E-state index in [1.54, 1.807) is 11.8 Å². The van der Waals surface area contributed by atoms with Gasteiger partial charge in [-0.05, 0) is 19.8 Å². The zero-order valence-electron chi connectivity index (χ0n) is 15.2. The molecule has 1 aliphatic heterocycles. The minimum atomic E-state index is -0.573. The number of aliphatic hydroxyl groups is 1. The standard InChI is InChI=1S/C18H29N3O4/c1-3-16-19-20-17(25-16)15-10-13(22)11-21(15)18(23)12(2)24-14-8-6-4-5-7-9-14/h12-15,22H,3-11H2,1-2H3/t12?,13-,15-/m1/s1. The summed E-state index contributed by atoms with van der Waals surface area (Å²) in [7, 11) is 0. The summed E-state index contributed by atoms with van der Waals surface area (Å²) in [4.78, 5) is 14.5. The molecule has 1 aromatic heterocycles. The van der Waals surface area contributed by atoms with E-state index in [9.17, 15) is 9.90 Å². The van der Waals surface area contributed by atoms with E-state index in [4.69, 9.17) is 9.15 Å². The van der Waals surface area contributed by atoms with E-state index >= 15 is 0 Å². The molecule has 0 radical (unpaired) electrons. The lowest BCUT2D eigenvalue weighted by Gasteiger charge is -2.27. The zero-order valence-corrected chi connectivity index (χ0v) is 15.2. The van der Waals surface area contributed by atoms with Gasteiger partial charge >= 0.3 is 0 Å². The van der Waals surface area contributed by atoms with Crippen LogP contribution in [0.5, 0.6) is 0 Å². The summed E-state index contributed by atoms with van der Waals surface area (Å²) in [6.45, 7) is 4.03. The third kappa shape index (κ3) is 4.39. The SMILES string of the molecule is CCc1nnc([C@H]2C[C@@H](O)CN2C(=O)C(C)OC2CCCCCC2)o1. The van der Waals surface area contributed by atoms with Crippen molar-refractivity contribution in [2.45, 2.75) is 89.6 Å². The number of carbonyl (C=O) groups excluding carboxylic acids is 1. The van der Waals surface area contributed by atoms with Gasteiger partial charge in [-0.25, -0.2) is 0 Å². The van der Waals surface area contributed by atoms with Crippen molar-refractivity contribution in [3.63, 3.8) is 0 Å². The van der Waals surface area contributed by atoms with E-state index in [0.29, 0.717) is 24.6 Å². The highest BCUT2D eigenvalue weighted by atomic mass is 16.5. The summed E-state index contributed by atoms with van der Waals surface area (Å²) >= 11 is 0. The molecule has 1 saturated heterocycles. The van der Waals surface area contributed by atoms with E-state index in [1.165, 1.54) is 25.7 Å². The molecule has 3 atom stereocenters. The van der Waals surface area contributed by atoms with Gasteiger partial charge in [-0.1, -0.05) is 32.6 Å². The highest BCUT2D eigenvalue weighted by Crippen LogP contribution is 2.32. The van der Waals surface area contributed by atoms with Crippen molar-refractivity contribution in [1.82, 2.24) is 15.1 Å². The van der Waals surface area contributed by atoms with Crippen LogP contribution in [0.15, 0.2) is 4.42 Å². The predicted molar refractivity (Wildman–Crippen MR) is 90.8 cm³/mol. The van der Waals surface area contributed by atoms with Crippen LogP contribution in [0.4, 0.5) is 0 Å². The molecule has 1 amide bonds. The fourth-order valence-electron chi connectivity index (χ4n) is 3.79. The molecule has 7 heteroatoms. The van der Waals surface area contributed by atoms with Gasteiger partial charge in [0.1, 0.15) is 12.1 Å². The van der Waals surface area contributed by atoms with Gasteiger partial charge in [0.05, 0.1) is 12.2 Å². The van der Waals surface area contributed by atoms with Gasteiger partial charge in [0.25, 0.3) is 5.91 Å².